The van der Waals surface area contributed by atoms with Crippen molar-refractivity contribution in [1.29, 1.82) is 0 Å². The third-order valence-electron chi connectivity index (χ3n) is 3.10. The van der Waals surface area contributed by atoms with E-state index in [1.165, 1.54) is 6.33 Å². The molecular formula is C17H15ClN4. The molecule has 1 aromatic heterocycles. The predicted molar refractivity (Wildman–Crippen MR) is 90.5 cm³/mol. The molecule has 0 saturated heterocycles. The van der Waals surface area contributed by atoms with Crippen molar-refractivity contribution in [2.24, 2.45) is 0 Å². The van der Waals surface area contributed by atoms with Crippen molar-refractivity contribution in [2.75, 3.05) is 10.6 Å². The molecule has 2 N–H and O–H groups in total. The van der Waals surface area contributed by atoms with E-state index < -0.39 is 0 Å². The fraction of sp³-hybridized carbons (Fsp3) is 0.0588. The zero-order chi connectivity index (χ0) is 15.2. The lowest BCUT2D eigenvalue weighted by molar-refractivity contribution is 1.08. The van der Waals surface area contributed by atoms with Gasteiger partial charge in [0.05, 0.1) is 0 Å². The third kappa shape index (κ3) is 3.96. The predicted octanol–water partition coefficient (Wildman–Crippen LogP) is 4.49. The summed E-state index contributed by atoms with van der Waals surface area (Å²) >= 11 is 5.88. The van der Waals surface area contributed by atoms with Crippen LogP contribution in [0.2, 0.25) is 5.02 Å². The summed E-state index contributed by atoms with van der Waals surface area (Å²) in [6, 6.07) is 19.5. The first kappa shape index (κ1) is 14.4. The van der Waals surface area contributed by atoms with Gasteiger partial charge in [0.15, 0.2) is 0 Å². The average molecular weight is 311 g/mol. The van der Waals surface area contributed by atoms with Crippen molar-refractivity contribution in [3.05, 3.63) is 77.6 Å². The van der Waals surface area contributed by atoms with Gasteiger partial charge in [-0.2, -0.15) is 0 Å². The molecule has 0 amide bonds. The molecule has 5 heteroatoms. The second-order valence-corrected chi connectivity index (χ2v) is 5.20. The summed E-state index contributed by atoms with van der Waals surface area (Å²) in [6.45, 7) is 0.680. The van der Waals surface area contributed by atoms with Crippen LogP contribution in [0, 0.1) is 0 Å². The zero-order valence-corrected chi connectivity index (χ0v) is 12.6. The zero-order valence-electron chi connectivity index (χ0n) is 11.8. The SMILES string of the molecule is Clc1ccc(CNc2cc(Nc3ccccc3)ncn2)cc1. The quantitative estimate of drug-likeness (QED) is 0.729. The van der Waals surface area contributed by atoms with Crippen molar-refractivity contribution in [1.82, 2.24) is 9.97 Å². The molecule has 0 fully saturated rings. The van der Waals surface area contributed by atoms with E-state index in [9.17, 15) is 0 Å². The van der Waals surface area contributed by atoms with Crippen molar-refractivity contribution in [3.63, 3.8) is 0 Å². The molecule has 0 saturated carbocycles. The summed E-state index contributed by atoms with van der Waals surface area (Å²) in [7, 11) is 0. The van der Waals surface area contributed by atoms with Crippen molar-refractivity contribution >= 4 is 28.9 Å². The van der Waals surface area contributed by atoms with Gasteiger partial charge >= 0.3 is 0 Å². The molecular weight excluding hydrogens is 296 g/mol. The Labute approximate surface area is 134 Å². The number of anilines is 3. The van der Waals surface area contributed by atoms with E-state index in [4.69, 9.17) is 11.6 Å². The fourth-order valence-electron chi connectivity index (χ4n) is 1.99. The topological polar surface area (TPSA) is 49.8 Å². The first-order valence-electron chi connectivity index (χ1n) is 6.92. The van der Waals surface area contributed by atoms with Gasteiger partial charge in [-0.05, 0) is 29.8 Å². The number of nitrogens with zero attached hydrogens (tertiary/aromatic N) is 2. The molecule has 110 valence electrons. The molecule has 22 heavy (non-hydrogen) atoms. The highest BCUT2D eigenvalue weighted by Crippen LogP contribution is 2.16. The maximum absolute atomic E-state index is 5.88. The van der Waals surface area contributed by atoms with Crippen LogP contribution in [0.15, 0.2) is 67.0 Å². The lowest BCUT2D eigenvalue weighted by Gasteiger charge is -2.08. The normalized spacial score (nSPS) is 10.2. The summed E-state index contributed by atoms with van der Waals surface area (Å²) < 4.78 is 0. The Balaban J connectivity index is 1.65. The van der Waals surface area contributed by atoms with Crippen LogP contribution in [-0.4, -0.2) is 9.97 Å². The Morgan fingerprint density at radius 3 is 2.36 bits per heavy atom. The van der Waals surface area contributed by atoms with Crippen LogP contribution in [0.3, 0.4) is 0 Å². The molecule has 3 aromatic rings. The van der Waals surface area contributed by atoms with E-state index in [2.05, 4.69) is 20.6 Å². The minimum absolute atomic E-state index is 0.680. The molecule has 0 spiro atoms. The van der Waals surface area contributed by atoms with Gasteiger partial charge in [0, 0.05) is 23.3 Å². The molecule has 0 aliphatic carbocycles. The van der Waals surface area contributed by atoms with Crippen LogP contribution in [0.25, 0.3) is 0 Å². The van der Waals surface area contributed by atoms with Crippen LogP contribution >= 0.6 is 11.6 Å². The highest BCUT2D eigenvalue weighted by atomic mass is 35.5. The molecule has 4 nitrogen and oxygen atoms in total. The molecule has 0 aliphatic heterocycles. The van der Waals surface area contributed by atoms with Gasteiger partial charge in [-0.25, -0.2) is 9.97 Å². The van der Waals surface area contributed by atoms with Crippen LogP contribution in [0.1, 0.15) is 5.56 Å². The van der Waals surface area contributed by atoms with Gasteiger partial charge in [0.1, 0.15) is 18.0 Å². The molecule has 0 atom stereocenters. The lowest BCUT2D eigenvalue weighted by Crippen LogP contribution is -2.03. The Hall–Kier alpha value is -2.59. The van der Waals surface area contributed by atoms with Gasteiger partial charge in [-0.1, -0.05) is 41.9 Å². The van der Waals surface area contributed by atoms with Gasteiger partial charge in [-0.3, -0.25) is 0 Å². The number of para-hydroxylation sites is 1. The molecule has 0 radical (unpaired) electrons. The van der Waals surface area contributed by atoms with Gasteiger partial charge in [0.2, 0.25) is 0 Å². The number of nitrogens with one attached hydrogen (secondary N) is 2. The maximum atomic E-state index is 5.88. The number of aromatic nitrogens is 2. The lowest BCUT2D eigenvalue weighted by atomic mass is 10.2. The standard InChI is InChI=1S/C17H15ClN4/c18-14-8-6-13(7-9-14)11-19-16-10-17(21-12-20-16)22-15-4-2-1-3-5-15/h1-10,12H,11H2,(H2,19,20,21,22). The Morgan fingerprint density at radius 2 is 1.59 bits per heavy atom. The summed E-state index contributed by atoms with van der Waals surface area (Å²) in [4.78, 5) is 8.45. The molecule has 0 aliphatic rings. The summed E-state index contributed by atoms with van der Waals surface area (Å²) in [5.74, 6) is 1.52. The average Bonchev–Trinajstić information content (AvgIpc) is 2.56. The van der Waals surface area contributed by atoms with Crippen molar-refractivity contribution in [2.45, 2.75) is 6.54 Å². The summed E-state index contributed by atoms with van der Waals surface area (Å²) in [5.41, 5.74) is 2.13. The molecule has 1 heterocycles. The number of benzene rings is 2. The van der Waals surface area contributed by atoms with Crippen LogP contribution in [0.5, 0.6) is 0 Å². The fourth-order valence-corrected chi connectivity index (χ4v) is 2.11. The van der Waals surface area contributed by atoms with E-state index in [1.807, 2.05) is 60.7 Å². The van der Waals surface area contributed by atoms with Gasteiger partial charge in [-0.15, -0.1) is 0 Å². The number of hydrogen-bond acceptors (Lipinski definition) is 4. The Bertz CT molecular complexity index is 729. The first-order chi connectivity index (χ1) is 10.8. The molecule has 2 aromatic carbocycles. The van der Waals surface area contributed by atoms with E-state index in [1.54, 1.807) is 0 Å². The first-order valence-corrected chi connectivity index (χ1v) is 7.30. The van der Waals surface area contributed by atoms with Gasteiger partial charge in [0.25, 0.3) is 0 Å². The Kier molecular flexibility index (Phi) is 4.51. The van der Waals surface area contributed by atoms with E-state index in [0.29, 0.717) is 6.54 Å². The number of halogens is 1. The van der Waals surface area contributed by atoms with Crippen LogP contribution in [0.4, 0.5) is 17.3 Å². The molecule has 0 bridgehead atoms. The second-order valence-electron chi connectivity index (χ2n) is 4.76. The smallest absolute Gasteiger partial charge is 0.135 e. The highest BCUT2D eigenvalue weighted by molar-refractivity contribution is 6.30. The minimum Gasteiger partial charge on any atom is -0.366 e. The number of hydrogen-bond donors (Lipinski definition) is 2. The van der Waals surface area contributed by atoms with Crippen LogP contribution in [-0.2, 0) is 6.54 Å². The molecule has 3 rings (SSSR count). The summed E-state index contributed by atoms with van der Waals surface area (Å²) in [5, 5.41) is 7.25. The maximum Gasteiger partial charge on any atom is 0.135 e. The van der Waals surface area contributed by atoms with Gasteiger partial charge < -0.3 is 10.6 Å². The Morgan fingerprint density at radius 1 is 0.864 bits per heavy atom. The monoisotopic (exact) mass is 310 g/mol. The largest absolute Gasteiger partial charge is 0.366 e. The highest BCUT2D eigenvalue weighted by Gasteiger charge is 2.00. The minimum atomic E-state index is 0.680. The molecule has 0 unspecified atom stereocenters. The summed E-state index contributed by atoms with van der Waals surface area (Å²) in [6.07, 6.45) is 1.54. The van der Waals surface area contributed by atoms with Crippen molar-refractivity contribution in [3.8, 4) is 0 Å². The van der Waals surface area contributed by atoms with Crippen LogP contribution < -0.4 is 10.6 Å². The van der Waals surface area contributed by atoms with Crippen molar-refractivity contribution < 1.29 is 0 Å². The number of rotatable bonds is 5. The second kappa shape index (κ2) is 6.91. The van der Waals surface area contributed by atoms with E-state index in [0.717, 1.165) is 27.9 Å². The third-order valence-corrected chi connectivity index (χ3v) is 3.35. The van der Waals surface area contributed by atoms with E-state index >= 15 is 0 Å². The van der Waals surface area contributed by atoms with E-state index in [-0.39, 0.29) is 0 Å².